The lowest BCUT2D eigenvalue weighted by atomic mass is 9.80. The first kappa shape index (κ1) is 23.5. The molecule has 178 valence electrons. The Morgan fingerprint density at radius 3 is 1.57 bits per heavy atom. The van der Waals surface area contributed by atoms with Gasteiger partial charge in [-0.2, -0.15) is 0 Å². The van der Waals surface area contributed by atoms with Crippen LogP contribution in [0.3, 0.4) is 0 Å². The van der Waals surface area contributed by atoms with Crippen molar-refractivity contribution < 1.29 is 14.2 Å². The van der Waals surface area contributed by atoms with Crippen molar-refractivity contribution in [3.05, 3.63) is 144 Å². The molecule has 4 aromatic rings. The molecule has 1 atom stereocenters. The van der Waals surface area contributed by atoms with Gasteiger partial charge in [-0.25, -0.2) is 0 Å². The molecular formula is C32H32O3. The van der Waals surface area contributed by atoms with Crippen LogP contribution in [-0.4, -0.2) is 25.4 Å². The quantitative estimate of drug-likeness (QED) is 0.243. The van der Waals surface area contributed by atoms with Gasteiger partial charge in [0.15, 0.2) is 0 Å². The maximum absolute atomic E-state index is 7.07. The predicted molar refractivity (Wildman–Crippen MR) is 139 cm³/mol. The molecule has 1 aliphatic rings. The van der Waals surface area contributed by atoms with Crippen LogP contribution >= 0.6 is 0 Å². The second kappa shape index (κ2) is 11.0. The van der Waals surface area contributed by atoms with E-state index in [4.69, 9.17) is 14.2 Å². The fourth-order valence-electron chi connectivity index (χ4n) is 4.96. The molecule has 35 heavy (non-hydrogen) atoms. The van der Waals surface area contributed by atoms with Crippen molar-refractivity contribution in [3.63, 3.8) is 0 Å². The molecule has 1 saturated heterocycles. The molecule has 5 rings (SSSR count). The summed E-state index contributed by atoms with van der Waals surface area (Å²) in [5.74, 6) is 0. The molecule has 3 heteroatoms. The highest BCUT2D eigenvalue weighted by atomic mass is 16.6. The predicted octanol–water partition coefficient (Wildman–Crippen LogP) is 6.76. The van der Waals surface area contributed by atoms with Gasteiger partial charge >= 0.3 is 0 Å². The lowest BCUT2D eigenvalue weighted by Gasteiger charge is -2.39. The Bertz CT molecular complexity index is 1060. The Morgan fingerprint density at radius 1 is 0.629 bits per heavy atom. The molecule has 0 radical (unpaired) electrons. The summed E-state index contributed by atoms with van der Waals surface area (Å²) in [7, 11) is 0. The van der Waals surface area contributed by atoms with E-state index in [1.165, 1.54) is 0 Å². The molecule has 0 spiro atoms. The highest BCUT2D eigenvalue weighted by Gasteiger charge is 2.43. The average Bonchev–Trinajstić information content (AvgIpc) is 3.40. The molecule has 3 nitrogen and oxygen atoms in total. The van der Waals surface area contributed by atoms with Gasteiger partial charge in [0.2, 0.25) is 0 Å². The zero-order valence-corrected chi connectivity index (χ0v) is 20.0. The molecule has 0 aliphatic carbocycles. The van der Waals surface area contributed by atoms with Crippen LogP contribution in [0.2, 0.25) is 0 Å². The van der Waals surface area contributed by atoms with Crippen LogP contribution in [-0.2, 0) is 26.4 Å². The Morgan fingerprint density at radius 2 is 1.11 bits per heavy atom. The fourth-order valence-corrected chi connectivity index (χ4v) is 4.96. The second-order valence-corrected chi connectivity index (χ2v) is 9.18. The van der Waals surface area contributed by atoms with Crippen LogP contribution in [0, 0.1) is 0 Å². The summed E-state index contributed by atoms with van der Waals surface area (Å²) in [6.07, 6.45) is 1.92. The van der Waals surface area contributed by atoms with E-state index in [1.807, 2.05) is 36.4 Å². The third kappa shape index (κ3) is 5.23. The molecule has 1 fully saturated rings. The number of hydrogen-bond donors (Lipinski definition) is 0. The maximum Gasteiger partial charge on any atom is 0.143 e. The van der Waals surface area contributed by atoms with Gasteiger partial charge in [0, 0.05) is 6.61 Å². The zero-order chi connectivity index (χ0) is 23.8. The maximum atomic E-state index is 7.07. The van der Waals surface area contributed by atoms with Crippen LogP contribution in [0.25, 0.3) is 0 Å². The van der Waals surface area contributed by atoms with Crippen LogP contribution in [0.1, 0.15) is 35.1 Å². The summed E-state index contributed by atoms with van der Waals surface area (Å²) in [5.41, 5.74) is 3.21. The van der Waals surface area contributed by atoms with E-state index >= 15 is 0 Å². The summed E-state index contributed by atoms with van der Waals surface area (Å²) in [4.78, 5) is 0. The lowest BCUT2D eigenvalue weighted by Crippen LogP contribution is -2.44. The zero-order valence-electron chi connectivity index (χ0n) is 20.0. The third-order valence-corrected chi connectivity index (χ3v) is 6.75. The standard InChI is InChI=1S/C32H32O3/c1-5-14-27(15-6-1)24-33-25-31(22-13-23-34-31)26-35-32(28-16-7-2-8-17-28,29-18-9-3-10-19-29)30-20-11-4-12-21-30/h1-12,14-21H,13,22-26H2. The van der Waals surface area contributed by atoms with E-state index in [-0.39, 0.29) is 0 Å². The lowest BCUT2D eigenvalue weighted by molar-refractivity contribution is -0.135. The first-order chi connectivity index (χ1) is 17.3. The first-order valence-electron chi connectivity index (χ1n) is 12.4. The minimum atomic E-state index is -0.762. The van der Waals surface area contributed by atoms with Crippen molar-refractivity contribution in [3.8, 4) is 0 Å². The molecule has 0 aromatic heterocycles. The first-order valence-corrected chi connectivity index (χ1v) is 12.4. The minimum Gasteiger partial charge on any atom is -0.374 e. The van der Waals surface area contributed by atoms with Gasteiger partial charge in [0.05, 0.1) is 19.8 Å². The largest absolute Gasteiger partial charge is 0.374 e. The Labute approximate surface area is 208 Å². The molecule has 0 amide bonds. The molecule has 0 bridgehead atoms. The normalized spacial score (nSPS) is 17.9. The minimum absolute atomic E-state index is 0.431. The molecule has 1 heterocycles. The molecular weight excluding hydrogens is 432 g/mol. The molecule has 0 saturated carbocycles. The van der Waals surface area contributed by atoms with Gasteiger partial charge in [-0.15, -0.1) is 0 Å². The number of rotatable bonds is 10. The van der Waals surface area contributed by atoms with Crippen molar-refractivity contribution in [2.75, 3.05) is 19.8 Å². The highest BCUT2D eigenvalue weighted by Crippen LogP contribution is 2.42. The molecule has 1 unspecified atom stereocenters. The van der Waals surface area contributed by atoms with E-state index in [2.05, 4.69) is 84.9 Å². The van der Waals surface area contributed by atoms with Crippen LogP contribution in [0.15, 0.2) is 121 Å². The van der Waals surface area contributed by atoms with Crippen molar-refractivity contribution in [2.24, 2.45) is 0 Å². The van der Waals surface area contributed by atoms with E-state index < -0.39 is 11.2 Å². The summed E-state index contributed by atoms with van der Waals surface area (Å²) >= 11 is 0. The van der Waals surface area contributed by atoms with Crippen molar-refractivity contribution in [2.45, 2.75) is 30.7 Å². The summed E-state index contributed by atoms with van der Waals surface area (Å²) in [6.45, 7) is 2.22. The van der Waals surface area contributed by atoms with E-state index in [0.29, 0.717) is 19.8 Å². The average molecular weight is 465 g/mol. The second-order valence-electron chi connectivity index (χ2n) is 9.18. The number of benzene rings is 4. The number of ether oxygens (including phenoxy) is 3. The number of hydrogen-bond acceptors (Lipinski definition) is 3. The third-order valence-electron chi connectivity index (χ3n) is 6.75. The molecule has 4 aromatic carbocycles. The Balaban J connectivity index is 1.47. The van der Waals surface area contributed by atoms with Crippen LogP contribution in [0.5, 0.6) is 0 Å². The van der Waals surface area contributed by atoms with Crippen LogP contribution < -0.4 is 0 Å². The molecule has 0 N–H and O–H groups in total. The molecule has 1 aliphatic heterocycles. The van der Waals surface area contributed by atoms with Gasteiger partial charge in [-0.05, 0) is 35.1 Å². The SMILES string of the molecule is c1ccc(COCC2(COC(c3ccccc3)(c3ccccc3)c3ccccc3)CCCO2)cc1. The van der Waals surface area contributed by atoms with E-state index in [9.17, 15) is 0 Å². The van der Waals surface area contributed by atoms with E-state index in [0.717, 1.165) is 41.7 Å². The monoisotopic (exact) mass is 464 g/mol. The van der Waals surface area contributed by atoms with Gasteiger partial charge in [-0.3, -0.25) is 0 Å². The van der Waals surface area contributed by atoms with Gasteiger partial charge in [-0.1, -0.05) is 121 Å². The smallest absolute Gasteiger partial charge is 0.143 e. The van der Waals surface area contributed by atoms with Gasteiger partial charge < -0.3 is 14.2 Å². The highest BCUT2D eigenvalue weighted by molar-refractivity contribution is 5.47. The van der Waals surface area contributed by atoms with Crippen molar-refractivity contribution in [1.29, 1.82) is 0 Å². The Kier molecular flexibility index (Phi) is 7.39. The van der Waals surface area contributed by atoms with Gasteiger partial charge in [0.25, 0.3) is 0 Å². The van der Waals surface area contributed by atoms with Crippen molar-refractivity contribution >= 4 is 0 Å². The topological polar surface area (TPSA) is 27.7 Å². The summed E-state index contributed by atoms with van der Waals surface area (Å²) < 4.78 is 19.6. The van der Waals surface area contributed by atoms with Crippen LogP contribution in [0.4, 0.5) is 0 Å². The van der Waals surface area contributed by atoms with Crippen molar-refractivity contribution in [1.82, 2.24) is 0 Å². The van der Waals surface area contributed by atoms with Gasteiger partial charge in [0.1, 0.15) is 11.2 Å². The van der Waals surface area contributed by atoms with E-state index in [1.54, 1.807) is 0 Å². The fraction of sp³-hybridized carbons (Fsp3) is 0.250. The summed E-state index contributed by atoms with van der Waals surface area (Å²) in [5, 5.41) is 0. The summed E-state index contributed by atoms with van der Waals surface area (Å²) in [6, 6.07) is 41.7. The Hall–Kier alpha value is -3.24.